The first kappa shape index (κ1) is 17.5. The predicted molar refractivity (Wildman–Crippen MR) is 107 cm³/mol. The van der Waals surface area contributed by atoms with Crippen LogP contribution in [0.4, 0.5) is 15.8 Å². The number of hydrogen-bond donors (Lipinski definition) is 2. The largest absolute Gasteiger partial charge is 0.354 e. The van der Waals surface area contributed by atoms with Gasteiger partial charge in [0.15, 0.2) is 0 Å². The Balaban J connectivity index is 1.72. The van der Waals surface area contributed by atoms with Crippen molar-refractivity contribution in [3.05, 3.63) is 69.8 Å². The lowest BCUT2D eigenvalue weighted by molar-refractivity contribution is 0.0967. The molecular weight excluding hydrogens is 387 g/mol. The second kappa shape index (κ2) is 7.02. The van der Waals surface area contributed by atoms with Gasteiger partial charge in [-0.2, -0.15) is 5.10 Å². The summed E-state index contributed by atoms with van der Waals surface area (Å²) >= 11 is 7.44. The van der Waals surface area contributed by atoms with E-state index in [0.29, 0.717) is 32.5 Å². The topological polar surface area (TPSA) is 59.0 Å². The van der Waals surface area contributed by atoms with Crippen LogP contribution in [0.25, 0.3) is 16.6 Å². The third-order valence-corrected chi connectivity index (χ3v) is 5.33. The van der Waals surface area contributed by atoms with Crippen LogP contribution in [0.15, 0.2) is 54.0 Å². The van der Waals surface area contributed by atoms with E-state index in [1.807, 2.05) is 17.5 Å². The van der Waals surface area contributed by atoms with Crippen LogP contribution in [0.2, 0.25) is 5.02 Å². The van der Waals surface area contributed by atoms with Crippen molar-refractivity contribution in [2.45, 2.75) is 0 Å². The molecule has 8 heteroatoms. The number of nitrogens with zero attached hydrogens (tertiary/aromatic N) is 2. The highest BCUT2D eigenvalue weighted by atomic mass is 35.5. The first-order chi connectivity index (χ1) is 13.1. The summed E-state index contributed by atoms with van der Waals surface area (Å²) in [6, 6.07) is 12.0. The van der Waals surface area contributed by atoms with Crippen molar-refractivity contribution in [2.75, 3.05) is 12.4 Å². The van der Waals surface area contributed by atoms with Crippen molar-refractivity contribution < 1.29 is 9.18 Å². The molecule has 0 aliphatic carbocycles. The highest BCUT2D eigenvalue weighted by Gasteiger charge is 2.14. The second-order valence-corrected chi connectivity index (χ2v) is 7.12. The van der Waals surface area contributed by atoms with Crippen LogP contribution < -0.4 is 10.6 Å². The molecule has 136 valence electrons. The summed E-state index contributed by atoms with van der Waals surface area (Å²) in [5.74, 6) is -0.592. The summed E-state index contributed by atoms with van der Waals surface area (Å²) in [6.07, 6.45) is 1.66. The summed E-state index contributed by atoms with van der Waals surface area (Å²) in [6.45, 7) is 0. The lowest BCUT2D eigenvalue weighted by Crippen LogP contribution is -2.16. The van der Waals surface area contributed by atoms with Gasteiger partial charge in [-0.25, -0.2) is 9.07 Å². The molecule has 0 saturated carbocycles. The van der Waals surface area contributed by atoms with Gasteiger partial charge in [0.25, 0.3) is 5.91 Å². The maximum Gasteiger partial charge on any atom is 0.261 e. The predicted octanol–water partition coefficient (Wildman–Crippen LogP) is 4.98. The standard InChI is InChI=1S/C19H14ClFN4OS/c1-22-19(26)18-7-12(10-27-18)25-17-8-14(21)16(6-11(17)9-23-25)24-15-5-3-2-4-13(15)20/h2-10,24H,1H3,(H,22,26). The van der Waals surface area contributed by atoms with Crippen LogP contribution in [0.1, 0.15) is 9.67 Å². The SMILES string of the molecule is CNC(=O)c1cc(-n2ncc3cc(Nc4ccccc4Cl)c(F)cc32)cs1. The summed E-state index contributed by atoms with van der Waals surface area (Å²) < 4.78 is 16.3. The third-order valence-electron chi connectivity index (χ3n) is 4.08. The number of nitrogens with one attached hydrogen (secondary N) is 2. The number of aromatic nitrogens is 2. The van der Waals surface area contributed by atoms with Crippen molar-refractivity contribution in [2.24, 2.45) is 0 Å². The van der Waals surface area contributed by atoms with Gasteiger partial charge in [-0.05, 0) is 24.3 Å². The molecule has 0 spiro atoms. The van der Waals surface area contributed by atoms with E-state index in [2.05, 4.69) is 15.7 Å². The van der Waals surface area contributed by atoms with Crippen molar-refractivity contribution in [3.8, 4) is 5.69 Å². The fourth-order valence-corrected chi connectivity index (χ4v) is 3.73. The first-order valence-electron chi connectivity index (χ1n) is 8.06. The number of thiophene rings is 1. The molecule has 4 aromatic rings. The van der Waals surface area contributed by atoms with Crippen LogP contribution in [-0.2, 0) is 0 Å². The Kier molecular flexibility index (Phi) is 4.55. The lowest BCUT2D eigenvalue weighted by Gasteiger charge is -2.10. The van der Waals surface area contributed by atoms with E-state index in [9.17, 15) is 9.18 Å². The van der Waals surface area contributed by atoms with Gasteiger partial charge in [0.05, 0.1) is 38.7 Å². The molecule has 0 fully saturated rings. The van der Waals surface area contributed by atoms with Gasteiger partial charge >= 0.3 is 0 Å². The number of halogens is 2. The van der Waals surface area contributed by atoms with Crippen LogP contribution in [0.5, 0.6) is 0 Å². The Morgan fingerprint density at radius 1 is 1.22 bits per heavy atom. The maximum atomic E-state index is 14.7. The minimum Gasteiger partial charge on any atom is -0.354 e. The molecule has 2 N–H and O–H groups in total. The number of amides is 1. The molecule has 1 amide bonds. The average Bonchev–Trinajstić information content (AvgIpc) is 3.30. The van der Waals surface area contributed by atoms with Gasteiger partial charge in [0.2, 0.25) is 0 Å². The van der Waals surface area contributed by atoms with E-state index in [0.717, 1.165) is 5.39 Å². The Bertz CT molecular complexity index is 1150. The Labute approximate surface area is 163 Å². The highest BCUT2D eigenvalue weighted by Crippen LogP contribution is 2.30. The van der Waals surface area contributed by atoms with E-state index in [-0.39, 0.29) is 5.91 Å². The molecule has 0 bridgehead atoms. The second-order valence-electron chi connectivity index (χ2n) is 5.80. The first-order valence-corrected chi connectivity index (χ1v) is 9.32. The Morgan fingerprint density at radius 2 is 2.04 bits per heavy atom. The Hall–Kier alpha value is -2.90. The zero-order valence-corrected chi connectivity index (χ0v) is 15.7. The molecule has 0 saturated heterocycles. The smallest absolute Gasteiger partial charge is 0.261 e. The number of carbonyl (C=O) groups excluding carboxylic acids is 1. The number of carbonyl (C=O) groups is 1. The average molecular weight is 401 g/mol. The summed E-state index contributed by atoms with van der Waals surface area (Å²) in [7, 11) is 1.58. The molecule has 0 atom stereocenters. The van der Waals surface area contributed by atoms with Crippen LogP contribution in [0.3, 0.4) is 0 Å². The molecule has 0 radical (unpaired) electrons. The van der Waals surface area contributed by atoms with E-state index < -0.39 is 5.82 Å². The normalized spacial score (nSPS) is 10.9. The highest BCUT2D eigenvalue weighted by molar-refractivity contribution is 7.12. The third kappa shape index (κ3) is 3.27. The molecule has 0 aliphatic rings. The maximum absolute atomic E-state index is 14.7. The Morgan fingerprint density at radius 3 is 2.81 bits per heavy atom. The van der Waals surface area contributed by atoms with Crippen LogP contribution in [-0.4, -0.2) is 22.7 Å². The zero-order chi connectivity index (χ0) is 19.0. The summed E-state index contributed by atoms with van der Waals surface area (Å²) in [4.78, 5) is 12.3. The van der Waals surface area contributed by atoms with Crippen LogP contribution >= 0.6 is 22.9 Å². The number of anilines is 2. The minimum atomic E-state index is -0.425. The van der Waals surface area contributed by atoms with Crippen molar-refractivity contribution in [1.82, 2.24) is 15.1 Å². The molecule has 2 aromatic heterocycles. The van der Waals surface area contributed by atoms with Crippen LogP contribution in [0, 0.1) is 5.82 Å². The summed E-state index contributed by atoms with van der Waals surface area (Å²) in [5, 5.41) is 13.0. The number of rotatable bonds is 4. The van der Waals surface area contributed by atoms with Gasteiger partial charge in [-0.3, -0.25) is 4.79 Å². The van der Waals surface area contributed by atoms with Crippen molar-refractivity contribution >= 4 is 51.1 Å². The molecule has 2 heterocycles. The number of benzene rings is 2. The quantitative estimate of drug-likeness (QED) is 0.507. The van der Waals surface area contributed by atoms with E-state index >= 15 is 0 Å². The molecule has 2 aromatic carbocycles. The molecule has 4 rings (SSSR count). The van der Waals surface area contributed by atoms with Gasteiger partial charge in [-0.15, -0.1) is 11.3 Å². The minimum absolute atomic E-state index is 0.167. The number of fused-ring (bicyclic) bond motifs is 1. The van der Waals surface area contributed by atoms with Gasteiger partial charge in [-0.1, -0.05) is 23.7 Å². The molecule has 0 unspecified atom stereocenters. The lowest BCUT2D eigenvalue weighted by atomic mass is 10.2. The van der Waals surface area contributed by atoms with Crippen molar-refractivity contribution in [1.29, 1.82) is 0 Å². The van der Waals surface area contributed by atoms with Crippen molar-refractivity contribution in [3.63, 3.8) is 0 Å². The molecule has 5 nitrogen and oxygen atoms in total. The number of para-hydroxylation sites is 1. The molecule has 0 aliphatic heterocycles. The zero-order valence-electron chi connectivity index (χ0n) is 14.2. The fourth-order valence-electron chi connectivity index (χ4n) is 2.74. The fraction of sp³-hybridized carbons (Fsp3) is 0.0526. The van der Waals surface area contributed by atoms with E-state index in [1.165, 1.54) is 17.4 Å². The van der Waals surface area contributed by atoms with E-state index in [1.54, 1.807) is 42.2 Å². The van der Waals surface area contributed by atoms with E-state index in [4.69, 9.17) is 11.6 Å². The van der Waals surface area contributed by atoms with Gasteiger partial charge in [0, 0.05) is 23.9 Å². The van der Waals surface area contributed by atoms with Gasteiger partial charge in [0.1, 0.15) is 5.82 Å². The van der Waals surface area contributed by atoms with Gasteiger partial charge < -0.3 is 10.6 Å². The molecular formula is C19H14ClFN4OS. The number of hydrogen-bond acceptors (Lipinski definition) is 4. The summed E-state index contributed by atoms with van der Waals surface area (Å²) in [5.41, 5.74) is 2.25. The monoisotopic (exact) mass is 400 g/mol. The molecule has 27 heavy (non-hydrogen) atoms.